The molecule has 0 heterocycles. The number of hydrogen-bond donors (Lipinski definition) is 2. The van der Waals surface area contributed by atoms with Gasteiger partial charge in [-0.15, -0.1) is 0 Å². The monoisotopic (exact) mass is 235 g/mol. The molecule has 0 saturated heterocycles. The van der Waals surface area contributed by atoms with Gasteiger partial charge < -0.3 is 15.8 Å². The number of aryl methyl sites for hydroxylation is 1. The number of carbonyl (C=O) groups excluding carboxylic acids is 1. The topological polar surface area (TPSA) is 78.9 Å². The first-order valence-corrected chi connectivity index (χ1v) is 5.29. The van der Waals surface area contributed by atoms with Crippen molar-refractivity contribution in [3.63, 3.8) is 0 Å². The Morgan fingerprint density at radius 2 is 2.06 bits per heavy atom. The van der Waals surface area contributed by atoms with Gasteiger partial charge in [0.2, 0.25) is 0 Å². The van der Waals surface area contributed by atoms with Crippen molar-refractivity contribution < 1.29 is 10.0 Å². The van der Waals surface area contributed by atoms with E-state index in [1.165, 1.54) is 4.90 Å². The van der Waals surface area contributed by atoms with Crippen molar-refractivity contribution in [2.45, 2.75) is 19.9 Å². The highest BCUT2D eigenvalue weighted by molar-refractivity contribution is 5.98. The summed E-state index contributed by atoms with van der Waals surface area (Å²) < 4.78 is 0. The van der Waals surface area contributed by atoms with Crippen LogP contribution < -0.4 is 5.73 Å². The molecule has 1 atom stereocenters. The Morgan fingerprint density at radius 3 is 2.59 bits per heavy atom. The predicted molar refractivity (Wildman–Crippen MR) is 66.1 cm³/mol. The number of hydrogen-bond acceptors (Lipinski definition) is 3. The third-order valence-electron chi connectivity index (χ3n) is 2.82. The molecule has 0 bridgehead atoms. The molecular weight excluding hydrogens is 218 g/mol. The lowest BCUT2D eigenvalue weighted by atomic mass is 10.1. The molecule has 1 amide bonds. The molecule has 17 heavy (non-hydrogen) atoms. The molecule has 1 aromatic rings. The van der Waals surface area contributed by atoms with Gasteiger partial charge in [0, 0.05) is 12.6 Å². The molecule has 0 fully saturated rings. The maximum Gasteiger partial charge on any atom is 0.254 e. The third kappa shape index (κ3) is 2.75. The van der Waals surface area contributed by atoms with E-state index < -0.39 is 6.04 Å². The molecular formula is C12H17N3O2. The molecule has 0 aliphatic carbocycles. The van der Waals surface area contributed by atoms with Crippen LogP contribution in [0.15, 0.2) is 29.4 Å². The molecule has 0 aliphatic heterocycles. The molecule has 5 nitrogen and oxygen atoms in total. The van der Waals surface area contributed by atoms with E-state index in [0.717, 1.165) is 5.56 Å². The molecule has 0 spiro atoms. The predicted octanol–water partition coefficient (Wildman–Crippen LogP) is 1.20. The summed E-state index contributed by atoms with van der Waals surface area (Å²) in [4.78, 5) is 13.6. The summed E-state index contributed by atoms with van der Waals surface area (Å²) in [7, 11) is 1.62. The van der Waals surface area contributed by atoms with Gasteiger partial charge in [0.1, 0.15) is 0 Å². The van der Waals surface area contributed by atoms with Crippen molar-refractivity contribution in [3.05, 3.63) is 35.4 Å². The first-order valence-electron chi connectivity index (χ1n) is 5.29. The molecule has 92 valence electrons. The fraction of sp³-hybridized carbons (Fsp3) is 0.333. The second-order valence-corrected chi connectivity index (χ2v) is 3.93. The maximum absolute atomic E-state index is 12.2. The highest BCUT2D eigenvalue weighted by Gasteiger charge is 2.21. The maximum atomic E-state index is 12.2. The molecule has 1 aromatic carbocycles. The summed E-state index contributed by atoms with van der Waals surface area (Å²) in [5.41, 5.74) is 6.99. The van der Waals surface area contributed by atoms with Crippen LogP contribution in [0.4, 0.5) is 0 Å². The second-order valence-electron chi connectivity index (χ2n) is 3.93. The molecule has 3 N–H and O–H groups in total. The first-order chi connectivity index (χ1) is 7.99. The fourth-order valence-corrected chi connectivity index (χ4v) is 1.46. The van der Waals surface area contributed by atoms with Crippen molar-refractivity contribution in [1.82, 2.24) is 4.90 Å². The van der Waals surface area contributed by atoms with E-state index in [1.807, 2.05) is 25.1 Å². The number of likely N-dealkylation sites (N-methyl/N-ethyl adjacent to an activating group) is 1. The minimum absolute atomic E-state index is 0.00874. The summed E-state index contributed by atoms with van der Waals surface area (Å²) >= 11 is 0. The smallest absolute Gasteiger partial charge is 0.254 e. The zero-order chi connectivity index (χ0) is 13.0. The minimum Gasteiger partial charge on any atom is -0.409 e. The van der Waals surface area contributed by atoms with Crippen molar-refractivity contribution in [1.29, 1.82) is 0 Å². The fourth-order valence-electron chi connectivity index (χ4n) is 1.46. The number of amides is 1. The number of carbonyl (C=O) groups is 1. The van der Waals surface area contributed by atoms with Gasteiger partial charge >= 0.3 is 0 Å². The van der Waals surface area contributed by atoms with Gasteiger partial charge in [-0.05, 0) is 25.5 Å². The summed E-state index contributed by atoms with van der Waals surface area (Å²) in [6.07, 6.45) is 0. The SMILES string of the molecule is Cc1ccccc1C(=O)N(C)C(C)C(N)=NO. The van der Waals surface area contributed by atoms with Crippen LogP contribution in [0.25, 0.3) is 0 Å². The first kappa shape index (κ1) is 13.0. The van der Waals surface area contributed by atoms with Crippen molar-refractivity contribution in [2.75, 3.05) is 7.05 Å². The lowest BCUT2D eigenvalue weighted by Gasteiger charge is -2.24. The average Bonchev–Trinajstić information content (AvgIpc) is 2.35. The van der Waals surface area contributed by atoms with Crippen LogP contribution >= 0.6 is 0 Å². The summed E-state index contributed by atoms with van der Waals surface area (Å²) in [6.45, 7) is 3.57. The van der Waals surface area contributed by atoms with Gasteiger partial charge in [0.25, 0.3) is 5.91 Å². The standard InChI is InChI=1S/C12H17N3O2/c1-8-6-4-5-7-10(8)12(16)15(3)9(2)11(13)14-17/h4-7,9,17H,1-3H3,(H2,13,14). The number of oxime groups is 1. The Labute approximate surface area is 101 Å². The number of nitrogens with zero attached hydrogens (tertiary/aromatic N) is 2. The van der Waals surface area contributed by atoms with Crippen LogP contribution in [0.5, 0.6) is 0 Å². The van der Waals surface area contributed by atoms with Gasteiger partial charge in [-0.2, -0.15) is 0 Å². The van der Waals surface area contributed by atoms with E-state index in [-0.39, 0.29) is 11.7 Å². The van der Waals surface area contributed by atoms with Crippen molar-refractivity contribution >= 4 is 11.7 Å². The summed E-state index contributed by atoms with van der Waals surface area (Å²) in [6, 6.07) is 6.86. The summed E-state index contributed by atoms with van der Waals surface area (Å²) in [5, 5.41) is 11.5. The molecule has 1 unspecified atom stereocenters. The zero-order valence-corrected chi connectivity index (χ0v) is 10.2. The third-order valence-corrected chi connectivity index (χ3v) is 2.82. The Bertz CT molecular complexity index is 443. The van der Waals surface area contributed by atoms with E-state index in [9.17, 15) is 4.79 Å². The molecule has 1 rings (SSSR count). The molecule has 5 heteroatoms. The largest absolute Gasteiger partial charge is 0.409 e. The van der Waals surface area contributed by atoms with Crippen molar-refractivity contribution in [3.8, 4) is 0 Å². The summed E-state index contributed by atoms with van der Waals surface area (Å²) in [5.74, 6) is -0.142. The zero-order valence-electron chi connectivity index (χ0n) is 10.2. The number of benzene rings is 1. The van der Waals surface area contributed by atoms with Crippen LogP contribution in [0.2, 0.25) is 0 Å². The van der Waals surface area contributed by atoms with Gasteiger partial charge in [0.15, 0.2) is 5.84 Å². The second kappa shape index (κ2) is 5.34. The lowest BCUT2D eigenvalue weighted by molar-refractivity contribution is 0.0775. The van der Waals surface area contributed by atoms with Crippen LogP contribution in [0, 0.1) is 6.92 Å². The van der Waals surface area contributed by atoms with E-state index in [4.69, 9.17) is 10.9 Å². The van der Waals surface area contributed by atoms with E-state index in [1.54, 1.807) is 20.0 Å². The van der Waals surface area contributed by atoms with E-state index >= 15 is 0 Å². The van der Waals surface area contributed by atoms with Crippen LogP contribution in [0.3, 0.4) is 0 Å². The highest BCUT2D eigenvalue weighted by atomic mass is 16.4. The lowest BCUT2D eigenvalue weighted by Crippen LogP contribution is -2.44. The molecule has 0 aliphatic rings. The van der Waals surface area contributed by atoms with Gasteiger partial charge in [-0.1, -0.05) is 23.4 Å². The molecule has 0 saturated carbocycles. The Hall–Kier alpha value is -2.04. The quantitative estimate of drug-likeness (QED) is 0.357. The Kier molecular flexibility index (Phi) is 4.09. The van der Waals surface area contributed by atoms with E-state index in [0.29, 0.717) is 5.56 Å². The van der Waals surface area contributed by atoms with Gasteiger partial charge in [0.05, 0.1) is 6.04 Å². The molecule has 0 radical (unpaired) electrons. The molecule has 0 aromatic heterocycles. The number of nitrogens with two attached hydrogens (primary N) is 1. The van der Waals surface area contributed by atoms with Crippen LogP contribution in [-0.2, 0) is 0 Å². The van der Waals surface area contributed by atoms with Gasteiger partial charge in [-0.25, -0.2) is 0 Å². The van der Waals surface area contributed by atoms with E-state index in [2.05, 4.69) is 5.16 Å². The average molecular weight is 235 g/mol. The number of rotatable bonds is 3. The van der Waals surface area contributed by atoms with Crippen LogP contribution in [-0.4, -0.2) is 34.9 Å². The Morgan fingerprint density at radius 1 is 1.47 bits per heavy atom. The Balaban J connectivity index is 2.95. The minimum atomic E-state index is -0.452. The number of amidine groups is 1. The van der Waals surface area contributed by atoms with Crippen LogP contribution in [0.1, 0.15) is 22.8 Å². The van der Waals surface area contributed by atoms with Gasteiger partial charge in [-0.3, -0.25) is 4.79 Å². The highest BCUT2D eigenvalue weighted by Crippen LogP contribution is 2.11. The normalized spacial score (nSPS) is 13.2. The van der Waals surface area contributed by atoms with Crippen molar-refractivity contribution in [2.24, 2.45) is 10.9 Å².